The summed E-state index contributed by atoms with van der Waals surface area (Å²) in [6, 6.07) is 4.25. The van der Waals surface area contributed by atoms with Crippen molar-refractivity contribution in [2.45, 2.75) is 64.8 Å². The summed E-state index contributed by atoms with van der Waals surface area (Å²) < 4.78 is 14.4. The molecule has 0 amide bonds. The van der Waals surface area contributed by atoms with Crippen LogP contribution in [0.5, 0.6) is 0 Å². The molecule has 2 atom stereocenters. The second-order valence-corrected chi connectivity index (χ2v) is 5.93. The smallest absolute Gasteiger partial charge is 0.127 e. The Kier molecular flexibility index (Phi) is 4.98. The normalized spacial score (nSPS) is 23.6. The maximum atomic E-state index is 14.4. The summed E-state index contributed by atoms with van der Waals surface area (Å²) in [6.07, 6.45) is 5.92. The van der Waals surface area contributed by atoms with E-state index < -0.39 is 0 Å². The van der Waals surface area contributed by atoms with Gasteiger partial charge >= 0.3 is 0 Å². The molecule has 1 saturated carbocycles. The van der Waals surface area contributed by atoms with Crippen LogP contribution in [0.25, 0.3) is 0 Å². The van der Waals surface area contributed by atoms with Crippen molar-refractivity contribution < 1.29 is 4.39 Å². The van der Waals surface area contributed by atoms with Crippen molar-refractivity contribution in [2.75, 3.05) is 6.54 Å². The molecule has 0 saturated heterocycles. The lowest BCUT2D eigenvalue weighted by Crippen LogP contribution is -2.38. The summed E-state index contributed by atoms with van der Waals surface area (Å²) in [6.45, 7) is 7.24. The Morgan fingerprint density at radius 2 is 1.95 bits per heavy atom. The number of aryl methyl sites for hydroxylation is 2. The molecule has 106 valence electrons. The first-order valence-electron chi connectivity index (χ1n) is 7.63. The third-order valence-corrected chi connectivity index (χ3v) is 4.27. The monoisotopic (exact) mass is 263 g/mol. The predicted octanol–water partition coefficient (Wildman–Crippen LogP) is 4.47. The fourth-order valence-corrected chi connectivity index (χ4v) is 3.45. The number of benzene rings is 1. The molecule has 1 fully saturated rings. The minimum atomic E-state index is -0.00676. The van der Waals surface area contributed by atoms with Crippen molar-refractivity contribution in [3.63, 3.8) is 0 Å². The van der Waals surface area contributed by atoms with Gasteiger partial charge in [0.25, 0.3) is 0 Å². The minimum absolute atomic E-state index is 0.00676. The van der Waals surface area contributed by atoms with Crippen molar-refractivity contribution in [1.82, 2.24) is 5.32 Å². The summed E-state index contributed by atoms with van der Waals surface area (Å²) in [5.74, 6) is 0.341. The largest absolute Gasteiger partial charge is 0.313 e. The minimum Gasteiger partial charge on any atom is -0.313 e. The predicted molar refractivity (Wildman–Crippen MR) is 79.2 cm³/mol. The Bertz CT molecular complexity index is 404. The van der Waals surface area contributed by atoms with Crippen LogP contribution in [0.3, 0.4) is 0 Å². The van der Waals surface area contributed by atoms with E-state index in [0.717, 1.165) is 36.1 Å². The van der Waals surface area contributed by atoms with Gasteiger partial charge in [-0.3, -0.25) is 0 Å². The van der Waals surface area contributed by atoms with Crippen LogP contribution in [0, 0.1) is 19.7 Å². The Morgan fingerprint density at radius 1 is 1.21 bits per heavy atom. The van der Waals surface area contributed by atoms with E-state index in [9.17, 15) is 4.39 Å². The fraction of sp³-hybridized carbons (Fsp3) is 0.647. The van der Waals surface area contributed by atoms with E-state index in [1.54, 1.807) is 6.07 Å². The first kappa shape index (κ1) is 14.5. The molecular formula is C17H26FN. The summed E-state index contributed by atoms with van der Waals surface area (Å²) in [4.78, 5) is 0. The van der Waals surface area contributed by atoms with Gasteiger partial charge in [0.1, 0.15) is 5.82 Å². The van der Waals surface area contributed by atoms with Crippen LogP contribution >= 0.6 is 0 Å². The van der Waals surface area contributed by atoms with E-state index in [0.29, 0.717) is 12.0 Å². The Labute approximate surface area is 116 Å². The van der Waals surface area contributed by atoms with Crippen LogP contribution in [-0.4, -0.2) is 12.6 Å². The molecule has 1 aliphatic rings. The number of hydrogen-bond donors (Lipinski definition) is 1. The standard InChI is InChI=1S/C17H26FN/c1-4-9-19-16-8-6-5-7-14(16)17-13(3)10-12(2)11-15(17)18/h10-11,14,16,19H,4-9H2,1-3H3. The van der Waals surface area contributed by atoms with Crippen LogP contribution in [0.15, 0.2) is 12.1 Å². The molecule has 19 heavy (non-hydrogen) atoms. The Balaban J connectivity index is 2.26. The van der Waals surface area contributed by atoms with Gasteiger partial charge in [0.15, 0.2) is 0 Å². The highest BCUT2D eigenvalue weighted by molar-refractivity contribution is 5.35. The average molecular weight is 263 g/mol. The van der Waals surface area contributed by atoms with Crippen LogP contribution in [0.2, 0.25) is 0 Å². The van der Waals surface area contributed by atoms with E-state index in [2.05, 4.69) is 25.2 Å². The van der Waals surface area contributed by atoms with Crippen molar-refractivity contribution in [3.8, 4) is 0 Å². The SMILES string of the molecule is CCCNC1CCCCC1c1c(C)cc(C)cc1F. The molecule has 1 N–H and O–H groups in total. The number of nitrogens with one attached hydrogen (secondary N) is 1. The molecular weight excluding hydrogens is 237 g/mol. The molecule has 1 nitrogen and oxygen atoms in total. The van der Waals surface area contributed by atoms with Gasteiger partial charge in [0, 0.05) is 12.0 Å². The highest BCUT2D eigenvalue weighted by Gasteiger charge is 2.29. The maximum Gasteiger partial charge on any atom is 0.127 e. The van der Waals surface area contributed by atoms with Gasteiger partial charge in [0.05, 0.1) is 0 Å². The van der Waals surface area contributed by atoms with E-state index >= 15 is 0 Å². The zero-order chi connectivity index (χ0) is 13.8. The highest BCUT2D eigenvalue weighted by atomic mass is 19.1. The van der Waals surface area contributed by atoms with E-state index in [-0.39, 0.29) is 5.82 Å². The lowest BCUT2D eigenvalue weighted by Gasteiger charge is -2.34. The van der Waals surface area contributed by atoms with Gasteiger partial charge in [-0.05, 0) is 62.4 Å². The summed E-state index contributed by atoms with van der Waals surface area (Å²) in [5.41, 5.74) is 3.10. The molecule has 2 unspecified atom stereocenters. The highest BCUT2D eigenvalue weighted by Crippen LogP contribution is 2.36. The molecule has 0 aromatic heterocycles. The maximum absolute atomic E-state index is 14.4. The molecule has 1 aromatic rings. The fourth-order valence-electron chi connectivity index (χ4n) is 3.45. The molecule has 1 aromatic carbocycles. The molecule has 0 bridgehead atoms. The topological polar surface area (TPSA) is 12.0 Å². The lowest BCUT2D eigenvalue weighted by molar-refractivity contribution is 0.321. The van der Waals surface area contributed by atoms with Crippen molar-refractivity contribution in [2.24, 2.45) is 0 Å². The zero-order valence-corrected chi connectivity index (χ0v) is 12.4. The van der Waals surface area contributed by atoms with Crippen LogP contribution in [0.4, 0.5) is 4.39 Å². The van der Waals surface area contributed by atoms with Gasteiger partial charge in [-0.1, -0.05) is 25.8 Å². The van der Waals surface area contributed by atoms with Gasteiger partial charge in [-0.2, -0.15) is 0 Å². The van der Waals surface area contributed by atoms with Gasteiger partial charge in [-0.25, -0.2) is 4.39 Å². The second-order valence-electron chi connectivity index (χ2n) is 5.93. The first-order valence-corrected chi connectivity index (χ1v) is 7.63. The summed E-state index contributed by atoms with van der Waals surface area (Å²) in [5, 5.41) is 3.62. The summed E-state index contributed by atoms with van der Waals surface area (Å²) >= 11 is 0. The third-order valence-electron chi connectivity index (χ3n) is 4.27. The molecule has 0 spiro atoms. The van der Waals surface area contributed by atoms with Crippen LogP contribution in [0.1, 0.15) is 61.6 Å². The first-order chi connectivity index (χ1) is 9.13. The molecule has 0 radical (unpaired) electrons. The Hall–Kier alpha value is -0.890. The third kappa shape index (κ3) is 3.36. The van der Waals surface area contributed by atoms with Crippen molar-refractivity contribution >= 4 is 0 Å². The number of rotatable bonds is 4. The zero-order valence-electron chi connectivity index (χ0n) is 12.4. The molecule has 1 aliphatic carbocycles. The van der Waals surface area contributed by atoms with Gasteiger partial charge < -0.3 is 5.32 Å². The molecule has 0 aliphatic heterocycles. The van der Waals surface area contributed by atoms with E-state index in [1.807, 2.05) is 6.92 Å². The average Bonchev–Trinajstić information content (AvgIpc) is 2.36. The van der Waals surface area contributed by atoms with Crippen molar-refractivity contribution in [1.29, 1.82) is 0 Å². The van der Waals surface area contributed by atoms with Crippen LogP contribution < -0.4 is 5.32 Å². The molecule has 2 heteroatoms. The van der Waals surface area contributed by atoms with Crippen LogP contribution in [-0.2, 0) is 0 Å². The number of halogens is 1. The number of hydrogen-bond acceptors (Lipinski definition) is 1. The van der Waals surface area contributed by atoms with E-state index in [1.165, 1.54) is 19.3 Å². The lowest BCUT2D eigenvalue weighted by atomic mass is 9.78. The summed E-state index contributed by atoms with van der Waals surface area (Å²) in [7, 11) is 0. The Morgan fingerprint density at radius 3 is 2.63 bits per heavy atom. The van der Waals surface area contributed by atoms with Crippen molar-refractivity contribution in [3.05, 3.63) is 34.6 Å². The quantitative estimate of drug-likeness (QED) is 0.845. The molecule has 2 rings (SSSR count). The molecule has 0 heterocycles. The second kappa shape index (κ2) is 6.51. The van der Waals surface area contributed by atoms with E-state index in [4.69, 9.17) is 0 Å². The van der Waals surface area contributed by atoms with Gasteiger partial charge in [-0.15, -0.1) is 0 Å². The van der Waals surface area contributed by atoms with Gasteiger partial charge in [0.2, 0.25) is 0 Å².